The van der Waals surface area contributed by atoms with Crippen molar-refractivity contribution in [2.24, 2.45) is 0 Å². The molecule has 3 aromatic carbocycles. The lowest BCUT2D eigenvalue weighted by atomic mass is 10.1. The van der Waals surface area contributed by atoms with E-state index in [1.165, 1.54) is 52.1 Å². The van der Waals surface area contributed by atoms with Crippen molar-refractivity contribution in [3.8, 4) is 28.4 Å². The van der Waals surface area contributed by atoms with E-state index in [0.717, 1.165) is 41.2 Å². The van der Waals surface area contributed by atoms with Gasteiger partial charge < -0.3 is 87.5 Å². The third-order valence-corrected chi connectivity index (χ3v) is 42.3. The first-order valence-electron chi connectivity index (χ1n) is 25.6. The number of nitrogens with one attached hydrogen (secondary N) is 1. The number of amides is 1. The maximum absolute atomic E-state index is 12.7. The molecule has 0 saturated carbocycles. The van der Waals surface area contributed by atoms with E-state index < -0.39 is 78.0 Å². The molecule has 4 heterocycles. The summed E-state index contributed by atoms with van der Waals surface area (Å²) in [5.74, 6) is 2.33. The minimum absolute atomic E-state index is 0.0540. The van der Waals surface area contributed by atoms with Gasteiger partial charge in [0.05, 0.1) is 33.0 Å². The average Bonchev–Trinajstić information content (AvgIpc) is 3.34. The fourth-order valence-electron chi connectivity index (χ4n) is 8.22. The highest BCUT2D eigenvalue weighted by Gasteiger charge is 2.74. The van der Waals surface area contributed by atoms with Gasteiger partial charge in [-0.25, -0.2) is 4.79 Å². The van der Waals surface area contributed by atoms with E-state index in [4.69, 9.17) is 82.2 Å². The van der Waals surface area contributed by atoms with Crippen molar-refractivity contribution in [2.45, 2.75) is 110 Å². The molecule has 414 valence electrons. The van der Waals surface area contributed by atoms with Crippen LogP contribution in [0.15, 0.2) is 72.8 Å². The number of alkyl carbamates (subject to hydrolysis) is 1. The molecule has 1 amide bonds. The third kappa shape index (κ3) is 19.5. The van der Waals surface area contributed by atoms with Gasteiger partial charge in [-0.2, -0.15) is 0 Å². The number of hydrogen-bond donors (Lipinski definition) is 1. The fraction of sp³-hybridized carbons (Fsp3) is 0.578. The summed E-state index contributed by atoms with van der Waals surface area (Å²) < 4.78 is 118. The maximum atomic E-state index is 12.7. The number of carbonyl (C=O) groups excluding carboxylic acids is 1. The highest BCUT2D eigenvalue weighted by molar-refractivity contribution is 6.97. The Labute approximate surface area is 454 Å². The molecular weight excluding hydrogens is 1130 g/mol. The van der Waals surface area contributed by atoms with Crippen molar-refractivity contribution < 1.29 is 87.0 Å². The van der Waals surface area contributed by atoms with E-state index in [2.05, 4.69) is 30.4 Å². The van der Waals surface area contributed by atoms with Crippen LogP contribution in [0.4, 0.5) is 4.79 Å². The molecule has 30 heteroatoms. The Morgan fingerprint density at radius 1 is 0.600 bits per heavy atom. The molecule has 6 bridgehead atoms. The predicted octanol–water partition coefficient (Wildman–Crippen LogP) is 7.91. The normalized spacial score (nSPS) is 27.8. The summed E-state index contributed by atoms with van der Waals surface area (Å²) in [5.41, 5.74) is 2.94. The Morgan fingerprint density at radius 2 is 1.15 bits per heavy atom. The summed E-state index contributed by atoms with van der Waals surface area (Å²) >= 11 is 0. The Kier molecular flexibility index (Phi) is 23.1. The van der Waals surface area contributed by atoms with Gasteiger partial charge in [0.15, 0.2) is 0 Å². The van der Waals surface area contributed by atoms with Gasteiger partial charge in [-0.15, -0.1) is 0 Å². The number of ether oxygens (including phenoxy) is 6. The summed E-state index contributed by atoms with van der Waals surface area (Å²) in [7, 11) is -26.2. The lowest BCUT2D eigenvalue weighted by molar-refractivity contribution is -0.00860. The highest BCUT2D eigenvalue weighted by atomic mass is 28.6. The monoisotopic (exact) mass is 1200 g/mol. The zero-order valence-corrected chi connectivity index (χ0v) is 53.3. The molecule has 4 aliphatic rings. The second-order valence-electron chi connectivity index (χ2n) is 18.3. The molecule has 6 atom stereocenters. The largest absolute Gasteiger partial charge is 0.646 e. The van der Waals surface area contributed by atoms with E-state index in [9.17, 15) is 4.79 Å². The van der Waals surface area contributed by atoms with E-state index in [0.29, 0.717) is 51.4 Å². The van der Waals surface area contributed by atoms with Crippen LogP contribution in [0.5, 0.6) is 17.2 Å². The van der Waals surface area contributed by atoms with Gasteiger partial charge in [0.1, 0.15) is 37.1 Å². The number of hydrogen-bond acceptors (Lipinski definition) is 20. The number of carbonyl (C=O) groups is 1. The van der Waals surface area contributed by atoms with E-state index in [1.54, 1.807) is 39.3 Å². The topological polar surface area (TPSA) is 204 Å². The van der Waals surface area contributed by atoms with Crippen molar-refractivity contribution in [3.05, 3.63) is 78.4 Å². The molecule has 6 unspecified atom stereocenters. The molecule has 0 aliphatic carbocycles. The van der Waals surface area contributed by atoms with E-state index >= 15 is 0 Å². The molecule has 1 N–H and O–H groups in total. The van der Waals surface area contributed by atoms with Crippen LogP contribution in [-0.4, -0.2) is 148 Å². The Hall–Kier alpha value is -2.32. The molecule has 0 spiro atoms. The smallest absolute Gasteiger partial charge is 0.494 e. The van der Waals surface area contributed by atoms with Crippen LogP contribution in [0.25, 0.3) is 11.1 Å². The SMILES string of the molecule is CCCCCCCCCCOc1cccc(-c2cccc(OCCOCCOCCOc3ccc(COC(=O)NCC[Si]O[Si]45O[Si](C)(OC)O[Si]6(C)O[Si]7O[Si](C)O[Si](C)(O[Si](C)(O7)O[Si](C)(O6)O4)O5)cc3)c2)c1. The molecular formula is C45H73NO20Si9. The van der Waals surface area contributed by atoms with Gasteiger partial charge in [0, 0.05) is 46.4 Å². The van der Waals surface area contributed by atoms with Gasteiger partial charge >= 0.3 is 78.0 Å². The van der Waals surface area contributed by atoms with E-state index in [1.807, 2.05) is 54.6 Å². The van der Waals surface area contributed by atoms with Crippen molar-refractivity contribution in [1.82, 2.24) is 5.32 Å². The summed E-state index contributed by atoms with van der Waals surface area (Å²) in [6.45, 7) is 15.9. The van der Waals surface area contributed by atoms with Crippen LogP contribution < -0.4 is 19.5 Å². The first kappa shape index (κ1) is 60.3. The van der Waals surface area contributed by atoms with Crippen LogP contribution in [-0.2, 0) is 74.6 Å². The van der Waals surface area contributed by atoms with E-state index in [-0.39, 0.29) is 22.9 Å². The van der Waals surface area contributed by atoms with Gasteiger partial charge in [0.25, 0.3) is 0 Å². The lowest BCUT2D eigenvalue weighted by Crippen LogP contribution is -2.81. The van der Waals surface area contributed by atoms with Gasteiger partial charge in [0.2, 0.25) is 9.76 Å². The second kappa shape index (κ2) is 28.7. The molecule has 7 rings (SSSR count). The first-order valence-corrected chi connectivity index (χ1v) is 42.5. The standard InChI is InChI=1S/C45H73NO20Si9/c1-9-10-11-12-13-14-15-16-28-51-43-21-17-19-40(36-43)41-20-18-22-44(37-41)53-34-32-50-30-29-49-31-33-52-42-25-23-39(24-26-42)38-54-45(47)46-27-35-67-55-75-64-70(4,48-2)60-72(6)58-69-56-68(3)57-71(5,65-75)61-73(7,59-69)63-74(8,62-72)66-75/h17-26,36-37H,9-16,27-35,38H2,1-8H3,(H,46,47). The predicted molar refractivity (Wildman–Crippen MR) is 289 cm³/mol. The van der Waals surface area contributed by atoms with Crippen LogP contribution in [0.3, 0.4) is 0 Å². The molecule has 4 aliphatic heterocycles. The van der Waals surface area contributed by atoms with Gasteiger partial charge in [-0.05, 0) is 72.1 Å². The van der Waals surface area contributed by atoms with Crippen LogP contribution in [0.1, 0.15) is 63.9 Å². The first-order chi connectivity index (χ1) is 36.0. The maximum Gasteiger partial charge on any atom is 0.646 e. The third-order valence-electron chi connectivity index (χ3n) is 11.5. The molecule has 3 aromatic rings. The minimum Gasteiger partial charge on any atom is -0.494 e. The van der Waals surface area contributed by atoms with Crippen molar-refractivity contribution in [2.75, 3.05) is 59.9 Å². The van der Waals surface area contributed by atoms with Crippen LogP contribution in [0, 0.1) is 0 Å². The molecule has 21 nitrogen and oxygen atoms in total. The summed E-state index contributed by atoms with van der Waals surface area (Å²) in [4.78, 5) is 12.7. The number of rotatable bonds is 30. The second-order valence-corrected chi connectivity index (χ2v) is 40.4. The van der Waals surface area contributed by atoms with Crippen LogP contribution in [0.2, 0.25) is 45.3 Å². The Balaban J connectivity index is 0.741. The summed E-state index contributed by atoms with van der Waals surface area (Å²) in [6, 6.07) is 23.9. The average molecular weight is 1200 g/mol. The number of benzene rings is 3. The summed E-state index contributed by atoms with van der Waals surface area (Å²) in [5, 5.41) is 2.75. The molecule has 4 fully saturated rings. The van der Waals surface area contributed by atoms with Gasteiger partial charge in [-0.3, -0.25) is 0 Å². The van der Waals surface area contributed by atoms with Gasteiger partial charge in [-0.1, -0.05) is 88.3 Å². The highest BCUT2D eigenvalue weighted by Crippen LogP contribution is 2.42. The Morgan fingerprint density at radius 3 is 1.79 bits per heavy atom. The lowest BCUT2D eigenvalue weighted by Gasteiger charge is -2.54. The molecule has 4 radical (unpaired) electrons. The number of fused-ring (bicyclic) bond motifs is 4. The number of unbranched alkanes of at least 4 members (excludes halogenated alkanes) is 7. The fourth-order valence-corrected chi connectivity index (χ4v) is 44.4. The van der Waals surface area contributed by atoms with Crippen molar-refractivity contribution in [3.63, 3.8) is 0 Å². The quantitative estimate of drug-likeness (QED) is 0.0497. The Bertz CT molecular complexity index is 2240. The summed E-state index contributed by atoms with van der Waals surface area (Å²) in [6.07, 6.45) is 9.62. The minimum atomic E-state index is -4.34. The zero-order chi connectivity index (χ0) is 53.3. The van der Waals surface area contributed by atoms with Crippen molar-refractivity contribution >= 4 is 87.7 Å². The van der Waals surface area contributed by atoms with Crippen molar-refractivity contribution in [1.29, 1.82) is 0 Å². The molecule has 0 aromatic heterocycles. The molecule has 4 saturated heterocycles. The van der Waals surface area contributed by atoms with Crippen LogP contribution >= 0.6 is 0 Å². The zero-order valence-electron chi connectivity index (χ0n) is 44.3. The molecule has 75 heavy (non-hydrogen) atoms.